The number of hydrogen-bond acceptors (Lipinski definition) is 4. The molecule has 0 bridgehead atoms. The van der Waals surface area contributed by atoms with Crippen LogP contribution in [0.4, 0.5) is 0 Å². The molecule has 4 heteroatoms. The second-order valence-electron chi connectivity index (χ2n) is 13.6. The van der Waals surface area contributed by atoms with E-state index in [1.165, 1.54) is 22.3 Å². The zero-order valence-corrected chi connectivity index (χ0v) is 27.7. The highest BCUT2D eigenvalue weighted by atomic mass is 16.3. The number of fused-ring (bicyclic) bond motifs is 8. The van der Waals surface area contributed by atoms with Gasteiger partial charge in [0, 0.05) is 43.7 Å². The van der Waals surface area contributed by atoms with Crippen molar-refractivity contribution in [1.29, 1.82) is 0 Å². The summed E-state index contributed by atoms with van der Waals surface area (Å²) in [5.74, 6) is 1.90. The topological polar surface area (TPSA) is 51.8 Å². The molecular formula is C46H31N3O. The maximum atomic E-state index is 6.57. The Morgan fingerprint density at radius 3 is 1.86 bits per heavy atom. The molecule has 1 aliphatic carbocycles. The summed E-state index contributed by atoms with van der Waals surface area (Å²) in [6.45, 7) is 4.61. The van der Waals surface area contributed by atoms with Crippen LogP contribution < -0.4 is 0 Å². The standard InChI is InChI=1S/C46H31N3O/c1-46(2)38-22-11-9-18-32(38)33-25-24-30(26-39(33)46)44-47-43(29-16-7-4-8-17-29)48-45(49-44)37-27-36-34-19-10-12-23-40(34)50-42(36)35-21-13-20-31(41(35)37)28-14-5-3-6-15-28/h3-27H,1-2H3. The lowest BCUT2D eigenvalue weighted by atomic mass is 9.82. The molecule has 2 aromatic heterocycles. The Labute approximate surface area is 289 Å². The molecule has 0 atom stereocenters. The van der Waals surface area contributed by atoms with Crippen LogP contribution in [-0.4, -0.2) is 15.0 Å². The van der Waals surface area contributed by atoms with Crippen molar-refractivity contribution in [1.82, 2.24) is 15.0 Å². The molecule has 0 aliphatic heterocycles. The smallest absolute Gasteiger partial charge is 0.164 e. The Balaban J connectivity index is 1.28. The van der Waals surface area contributed by atoms with Crippen molar-refractivity contribution < 1.29 is 4.42 Å². The van der Waals surface area contributed by atoms with Crippen molar-refractivity contribution in [2.45, 2.75) is 19.3 Å². The fraction of sp³-hybridized carbons (Fsp3) is 0.0652. The highest BCUT2D eigenvalue weighted by Crippen LogP contribution is 2.49. The Kier molecular flexibility index (Phi) is 6.19. The summed E-state index contributed by atoms with van der Waals surface area (Å²) >= 11 is 0. The molecule has 1 aliphatic rings. The van der Waals surface area contributed by atoms with E-state index in [0.717, 1.165) is 60.5 Å². The number of furan rings is 1. The van der Waals surface area contributed by atoms with E-state index >= 15 is 0 Å². The SMILES string of the molecule is CC1(C)c2ccccc2-c2ccc(-c3nc(-c4ccccc4)nc(-c4cc5c6ccccc6oc5c5cccc(-c6ccccc6)c45)n3)cc21. The monoisotopic (exact) mass is 641 g/mol. The third kappa shape index (κ3) is 4.28. The Morgan fingerprint density at radius 1 is 0.420 bits per heavy atom. The lowest BCUT2D eigenvalue weighted by molar-refractivity contribution is 0.660. The average Bonchev–Trinajstić information content (AvgIpc) is 3.67. The van der Waals surface area contributed by atoms with Gasteiger partial charge < -0.3 is 4.42 Å². The van der Waals surface area contributed by atoms with Crippen molar-refractivity contribution in [3.05, 3.63) is 163 Å². The van der Waals surface area contributed by atoms with E-state index in [9.17, 15) is 0 Å². The summed E-state index contributed by atoms with van der Waals surface area (Å²) in [5.41, 5.74) is 11.8. The van der Waals surface area contributed by atoms with Crippen LogP contribution in [0.15, 0.2) is 156 Å². The zero-order chi connectivity index (χ0) is 33.4. The summed E-state index contributed by atoms with van der Waals surface area (Å²) in [4.78, 5) is 15.7. The number of benzene rings is 7. The van der Waals surface area contributed by atoms with Gasteiger partial charge in [0.25, 0.3) is 0 Å². The molecule has 236 valence electrons. The Morgan fingerprint density at radius 2 is 1.04 bits per heavy atom. The van der Waals surface area contributed by atoms with E-state index in [4.69, 9.17) is 19.4 Å². The average molecular weight is 642 g/mol. The molecule has 0 N–H and O–H groups in total. The number of para-hydroxylation sites is 1. The molecule has 0 fully saturated rings. The molecule has 2 heterocycles. The minimum atomic E-state index is -0.145. The Hall–Kier alpha value is -6.39. The van der Waals surface area contributed by atoms with Gasteiger partial charge >= 0.3 is 0 Å². The zero-order valence-electron chi connectivity index (χ0n) is 27.7. The van der Waals surface area contributed by atoms with E-state index in [-0.39, 0.29) is 5.41 Å². The van der Waals surface area contributed by atoms with Gasteiger partial charge in [-0.3, -0.25) is 0 Å². The molecule has 9 aromatic rings. The summed E-state index contributed by atoms with van der Waals surface area (Å²) in [6, 6.07) is 53.0. The van der Waals surface area contributed by atoms with Crippen LogP contribution in [0, 0.1) is 0 Å². The second kappa shape index (κ2) is 10.8. The predicted octanol–water partition coefficient (Wildman–Crippen LogP) is 11.9. The minimum Gasteiger partial charge on any atom is -0.455 e. The van der Waals surface area contributed by atoms with Crippen molar-refractivity contribution in [2.75, 3.05) is 0 Å². The number of nitrogens with zero attached hydrogens (tertiary/aromatic N) is 3. The van der Waals surface area contributed by atoms with Crippen molar-refractivity contribution in [3.63, 3.8) is 0 Å². The summed E-state index contributed by atoms with van der Waals surface area (Å²) in [6.07, 6.45) is 0. The molecule has 50 heavy (non-hydrogen) atoms. The highest BCUT2D eigenvalue weighted by Gasteiger charge is 2.35. The van der Waals surface area contributed by atoms with Crippen LogP contribution in [0.2, 0.25) is 0 Å². The van der Waals surface area contributed by atoms with Crippen LogP contribution in [0.5, 0.6) is 0 Å². The van der Waals surface area contributed by atoms with Gasteiger partial charge in [-0.2, -0.15) is 0 Å². The van der Waals surface area contributed by atoms with Crippen LogP contribution >= 0.6 is 0 Å². The number of aromatic nitrogens is 3. The first-order chi connectivity index (χ1) is 24.5. The quantitative estimate of drug-likeness (QED) is 0.192. The van der Waals surface area contributed by atoms with Crippen molar-refractivity contribution >= 4 is 32.7 Å². The maximum Gasteiger partial charge on any atom is 0.164 e. The van der Waals surface area contributed by atoms with E-state index in [0.29, 0.717) is 17.5 Å². The van der Waals surface area contributed by atoms with Crippen LogP contribution in [-0.2, 0) is 5.41 Å². The van der Waals surface area contributed by atoms with Gasteiger partial charge in [0.2, 0.25) is 0 Å². The van der Waals surface area contributed by atoms with Crippen molar-refractivity contribution in [2.24, 2.45) is 0 Å². The molecule has 0 unspecified atom stereocenters. The van der Waals surface area contributed by atoms with Crippen molar-refractivity contribution in [3.8, 4) is 56.4 Å². The number of rotatable bonds is 4. The van der Waals surface area contributed by atoms with Crippen LogP contribution in [0.25, 0.3) is 89.1 Å². The number of hydrogen-bond donors (Lipinski definition) is 0. The van der Waals surface area contributed by atoms with Gasteiger partial charge in [-0.1, -0.05) is 147 Å². The molecular weight excluding hydrogens is 611 g/mol. The highest BCUT2D eigenvalue weighted by molar-refractivity contribution is 6.21. The van der Waals surface area contributed by atoms with Gasteiger partial charge in [0.15, 0.2) is 17.5 Å². The Bertz CT molecular complexity index is 2780. The lowest BCUT2D eigenvalue weighted by Crippen LogP contribution is -2.15. The fourth-order valence-electron chi connectivity index (χ4n) is 7.88. The molecule has 10 rings (SSSR count). The van der Waals surface area contributed by atoms with E-state index in [1.54, 1.807) is 0 Å². The summed E-state index contributed by atoms with van der Waals surface area (Å²) < 4.78 is 6.57. The first-order valence-electron chi connectivity index (χ1n) is 17.0. The van der Waals surface area contributed by atoms with E-state index < -0.39 is 0 Å². The van der Waals surface area contributed by atoms with E-state index in [2.05, 4.69) is 129 Å². The molecule has 0 radical (unpaired) electrons. The normalized spacial score (nSPS) is 13.2. The lowest BCUT2D eigenvalue weighted by Gasteiger charge is -2.21. The fourth-order valence-corrected chi connectivity index (χ4v) is 7.88. The first-order valence-corrected chi connectivity index (χ1v) is 17.0. The van der Waals surface area contributed by atoms with Crippen LogP contribution in [0.3, 0.4) is 0 Å². The van der Waals surface area contributed by atoms with Crippen LogP contribution in [0.1, 0.15) is 25.0 Å². The second-order valence-corrected chi connectivity index (χ2v) is 13.6. The van der Waals surface area contributed by atoms with Gasteiger partial charge in [0.1, 0.15) is 11.2 Å². The molecule has 0 amide bonds. The first kappa shape index (κ1) is 28.6. The van der Waals surface area contributed by atoms with Gasteiger partial charge in [-0.05, 0) is 51.6 Å². The largest absolute Gasteiger partial charge is 0.455 e. The minimum absolute atomic E-state index is 0.145. The van der Waals surface area contributed by atoms with E-state index in [1.807, 2.05) is 36.4 Å². The molecule has 0 saturated carbocycles. The molecule has 0 saturated heterocycles. The van der Waals surface area contributed by atoms with Gasteiger partial charge in [-0.25, -0.2) is 15.0 Å². The molecule has 4 nitrogen and oxygen atoms in total. The third-order valence-corrected chi connectivity index (χ3v) is 10.3. The van der Waals surface area contributed by atoms with Gasteiger partial charge in [-0.15, -0.1) is 0 Å². The summed E-state index contributed by atoms with van der Waals surface area (Å²) in [7, 11) is 0. The predicted molar refractivity (Wildman–Crippen MR) is 204 cm³/mol. The van der Waals surface area contributed by atoms with Gasteiger partial charge in [0.05, 0.1) is 0 Å². The summed E-state index contributed by atoms with van der Waals surface area (Å²) in [5, 5.41) is 4.17. The molecule has 7 aromatic carbocycles. The third-order valence-electron chi connectivity index (χ3n) is 10.3. The molecule has 0 spiro atoms. The maximum absolute atomic E-state index is 6.57.